The number of halogens is 2. The number of hydrogen-bond donors (Lipinski definition) is 2. The molecule has 7 heteroatoms. The third kappa shape index (κ3) is 4.90. The van der Waals surface area contributed by atoms with Gasteiger partial charge in [-0.2, -0.15) is 0 Å². The number of nitrogens with one attached hydrogen (secondary N) is 2. The van der Waals surface area contributed by atoms with E-state index < -0.39 is 0 Å². The van der Waals surface area contributed by atoms with Gasteiger partial charge < -0.3 is 20.4 Å². The van der Waals surface area contributed by atoms with Crippen molar-refractivity contribution in [3.63, 3.8) is 0 Å². The van der Waals surface area contributed by atoms with Crippen molar-refractivity contribution in [1.29, 1.82) is 0 Å². The van der Waals surface area contributed by atoms with Crippen LogP contribution in [0.4, 0.5) is 4.39 Å². The van der Waals surface area contributed by atoms with E-state index in [0.717, 1.165) is 44.1 Å². The van der Waals surface area contributed by atoms with E-state index in [2.05, 4.69) is 48.5 Å². The minimum absolute atomic E-state index is 0.230. The quantitative estimate of drug-likeness (QED) is 0.683. The molecule has 0 bridgehead atoms. The third-order valence-corrected chi connectivity index (χ3v) is 6.82. The van der Waals surface area contributed by atoms with Gasteiger partial charge in [-0.15, -0.1) is 11.3 Å². The fourth-order valence-electron chi connectivity index (χ4n) is 3.66. The highest BCUT2D eigenvalue weighted by atomic mass is 79.9. The normalized spacial score (nSPS) is 20.7. The Hall–Kier alpha value is -1.41. The topological polar surface area (TPSA) is 30.5 Å². The van der Waals surface area contributed by atoms with E-state index >= 15 is 0 Å². The zero-order valence-corrected chi connectivity index (χ0v) is 17.5. The number of allylic oxidation sites excluding steroid dienone is 4. The predicted molar refractivity (Wildman–Crippen MR) is 113 cm³/mol. The molecule has 1 fully saturated rings. The average Bonchev–Trinajstić information content (AvgIpc) is 3.11. The number of likely N-dealkylation sites (tertiary alicyclic amines) is 1. The molecule has 2 N–H and O–H groups in total. The average molecular weight is 451 g/mol. The number of thiophene rings is 1. The van der Waals surface area contributed by atoms with Crippen LogP contribution in [-0.2, 0) is 6.54 Å². The first-order valence-electron chi connectivity index (χ1n) is 9.37. The van der Waals surface area contributed by atoms with Crippen molar-refractivity contribution in [3.8, 4) is 0 Å². The summed E-state index contributed by atoms with van der Waals surface area (Å²) in [5.74, 6) is -0.230. The summed E-state index contributed by atoms with van der Waals surface area (Å²) in [6.45, 7) is 5.03. The minimum Gasteiger partial charge on any atom is -0.357 e. The highest BCUT2D eigenvalue weighted by Gasteiger charge is 2.22. The number of nitrogens with zero attached hydrogens (tertiary/aromatic N) is 2. The lowest BCUT2D eigenvalue weighted by Gasteiger charge is -2.35. The van der Waals surface area contributed by atoms with Gasteiger partial charge in [-0.3, -0.25) is 0 Å². The molecule has 3 aliphatic rings. The lowest BCUT2D eigenvalue weighted by atomic mass is 10.0. The van der Waals surface area contributed by atoms with Crippen LogP contribution in [0.5, 0.6) is 0 Å². The Kier molecular flexibility index (Phi) is 6.12. The molecule has 0 unspecified atom stereocenters. The molecule has 1 aromatic rings. The van der Waals surface area contributed by atoms with Gasteiger partial charge in [-0.25, -0.2) is 4.39 Å². The van der Waals surface area contributed by atoms with E-state index in [1.807, 2.05) is 18.4 Å². The second kappa shape index (κ2) is 8.73. The molecule has 0 spiro atoms. The Morgan fingerprint density at radius 2 is 2.11 bits per heavy atom. The molecular weight excluding hydrogens is 427 g/mol. The van der Waals surface area contributed by atoms with Crippen molar-refractivity contribution in [3.05, 3.63) is 68.6 Å². The summed E-state index contributed by atoms with van der Waals surface area (Å²) in [6, 6.07) is 4.88. The van der Waals surface area contributed by atoms with Crippen LogP contribution in [0.3, 0.4) is 0 Å². The van der Waals surface area contributed by atoms with Gasteiger partial charge in [-0.05, 0) is 66.1 Å². The summed E-state index contributed by atoms with van der Waals surface area (Å²) in [5, 5.41) is 6.70. The number of piperidine rings is 1. The minimum atomic E-state index is -0.230. The van der Waals surface area contributed by atoms with E-state index in [1.54, 1.807) is 17.4 Å². The molecule has 27 heavy (non-hydrogen) atoms. The monoisotopic (exact) mass is 450 g/mol. The van der Waals surface area contributed by atoms with Crippen molar-refractivity contribution in [2.75, 3.05) is 26.2 Å². The second-order valence-corrected chi connectivity index (χ2v) is 9.57. The molecule has 0 atom stereocenters. The third-order valence-electron chi connectivity index (χ3n) is 5.19. The van der Waals surface area contributed by atoms with Crippen LogP contribution in [0, 0.1) is 0 Å². The van der Waals surface area contributed by atoms with Crippen LogP contribution in [0.2, 0.25) is 0 Å². The van der Waals surface area contributed by atoms with E-state index in [-0.39, 0.29) is 5.83 Å². The van der Waals surface area contributed by atoms with E-state index in [0.29, 0.717) is 6.04 Å². The largest absolute Gasteiger partial charge is 0.357 e. The van der Waals surface area contributed by atoms with E-state index in [1.165, 1.54) is 27.7 Å². The maximum absolute atomic E-state index is 13.6. The van der Waals surface area contributed by atoms with Gasteiger partial charge in [0.1, 0.15) is 5.83 Å². The molecule has 0 aromatic carbocycles. The lowest BCUT2D eigenvalue weighted by Crippen LogP contribution is -2.44. The number of fused-ring (bicyclic) bond motifs is 1. The van der Waals surface area contributed by atoms with Crippen molar-refractivity contribution < 1.29 is 4.39 Å². The van der Waals surface area contributed by atoms with Crippen molar-refractivity contribution in [1.82, 2.24) is 20.4 Å². The summed E-state index contributed by atoms with van der Waals surface area (Å²) in [7, 11) is 0. The summed E-state index contributed by atoms with van der Waals surface area (Å²) < 4.78 is 14.8. The maximum atomic E-state index is 13.6. The van der Waals surface area contributed by atoms with E-state index in [9.17, 15) is 4.39 Å². The zero-order chi connectivity index (χ0) is 18.6. The fourth-order valence-corrected chi connectivity index (χ4v) is 5.10. The Morgan fingerprint density at radius 1 is 1.26 bits per heavy atom. The van der Waals surface area contributed by atoms with Gasteiger partial charge in [0.2, 0.25) is 0 Å². The standard InChI is InChI=1S/C20H24BrFN4S/c21-20-4-3-17(27-20)14-23-16-5-8-25(9-6-16)10-11-26-7-1-2-18-19(26)12-15(22)13-24-18/h1-4,7,12-13,16,23-24H,5-6,8-11,14H2. The molecule has 4 nitrogen and oxygen atoms in total. The zero-order valence-electron chi connectivity index (χ0n) is 15.1. The van der Waals surface area contributed by atoms with Crippen molar-refractivity contribution in [2.24, 2.45) is 0 Å². The van der Waals surface area contributed by atoms with Gasteiger partial charge in [-0.1, -0.05) is 0 Å². The Labute approximate surface area is 172 Å². The predicted octanol–water partition coefficient (Wildman–Crippen LogP) is 4.08. The van der Waals surface area contributed by atoms with Crippen LogP contribution in [0.1, 0.15) is 17.7 Å². The molecule has 0 radical (unpaired) electrons. The molecule has 4 rings (SSSR count). The smallest absolute Gasteiger partial charge is 0.141 e. The summed E-state index contributed by atoms with van der Waals surface area (Å²) >= 11 is 5.32. The highest BCUT2D eigenvalue weighted by Crippen LogP contribution is 2.25. The van der Waals surface area contributed by atoms with Gasteiger partial charge in [0.05, 0.1) is 15.2 Å². The Bertz CT molecular complexity index is 790. The van der Waals surface area contributed by atoms with E-state index in [4.69, 9.17) is 0 Å². The van der Waals surface area contributed by atoms with Crippen molar-refractivity contribution in [2.45, 2.75) is 25.4 Å². The van der Waals surface area contributed by atoms with Gasteiger partial charge >= 0.3 is 0 Å². The SMILES string of the molecule is FC1=CNC2=CC=CN(CCN3CCC(NCc4ccc(Br)s4)CC3)C2=C1. The summed E-state index contributed by atoms with van der Waals surface area (Å²) in [4.78, 5) is 6.02. The first kappa shape index (κ1) is 18.9. The van der Waals surface area contributed by atoms with Crippen LogP contribution < -0.4 is 10.6 Å². The van der Waals surface area contributed by atoms with Crippen LogP contribution in [0.15, 0.2) is 63.8 Å². The molecule has 1 saturated heterocycles. The number of dihydropyridines is 1. The highest BCUT2D eigenvalue weighted by molar-refractivity contribution is 9.11. The Balaban J connectivity index is 1.21. The fraction of sp³-hybridized carbons (Fsp3) is 0.400. The second-order valence-electron chi connectivity index (χ2n) is 7.02. The molecule has 0 saturated carbocycles. The molecular formula is C20H24BrFN4S. The lowest BCUT2D eigenvalue weighted by molar-refractivity contribution is 0.186. The molecule has 0 amide bonds. The molecule has 1 aromatic heterocycles. The first-order valence-corrected chi connectivity index (χ1v) is 11.0. The Morgan fingerprint density at radius 3 is 2.89 bits per heavy atom. The maximum Gasteiger partial charge on any atom is 0.141 e. The number of rotatable bonds is 6. The first-order chi connectivity index (χ1) is 13.2. The summed E-state index contributed by atoms with van der Waals surface area (Å²) in [5.41, 5.74) is 1.87. The van der Waals surface area contributed by atoms with Crippen LogP contribution in [-0.4, -0.2) is 42.0 Å². The molecule has 4 heterocycles. The van der Waals surface area contributed by atoms with Gasteiger partial charge in [0, 0.05) is 49.0 Å². The molecule has 3 aliphatic heterocycles. The summed E-state index contributed by atoms with van der Waals surface area (Å²) in [6.07, 6.45) is 11.4. The molecule has 0 aliphatic carbocycles. The van der Waals surface area contributed by atoms with Gasteiger partial charge in [0.25, 0.3) is 0 Å². The molecule has 144 valence electrons. The van der Waals surface area contributed by atoms with Crippen molar-refractivity contribution >= 4 is 27.3 Å². The number of hydrogen-bond acceptors (Lipinski definition) is 5. The van der Waals surface area contributed by atoms with Gasteiger partial charge in [0.15, 0.2) is 0 Å². The van der Waals surface area contributed by atoms with Crippen LogP contribution >= 0.6 is 27.3 Å². The van der Waals surface area contributed by atoms with Crippen LogP contribution in [0.25, 0.3) is 0 Å².